The zero-order chi connectivity index (χ0) is 19.0. The number of nitrogens with one attached hydrogen (secondary N) is 1. The standard InChI is InChI=1S/C20H16BrN3O2S/c1-12(25)24-8-7-13-5-6-14(10-18(13)24)17-11-27-20(22-17)23-19(26)15-3-2-4-16(21)9-15/h2-6,9-11H,7-8H2,1H3,(H,22,23,26). The van der Waals surface area contributed by atoms with E-state index in [2.05, 4.69) is 26.2 Å². The van der Waals surface area contributed by atoms with E-state index in [4.69, 9.17) is 0 Å². The number of thiazole rings is 1. The summed E-state index contributed by atoms with van der Waals surface area (Å²) >= 11 is 4.75. The molecule has 136 valence electrons. The van der Waals surface area contributed by atoms with Gasteiger partial charge in [0.15, 0.2) is 5.13 Å². The average molecular weight is 442 g/mol. The van der Waals surface area contributed by atoms with E-state index in [-0.39, 0.29) is 11.8 Å². The van der Waals surface area contributed by atoms with E-state index in [1.807, 2.05) is 35.7 Å². The van der Waals surface area contributed by atoms with Gasteiger partial charge in [-0.1, -0.05) is 34.1 Å². The van der Waals surface area contributed by atoms with Gasteiger partial charge >= 0.3 is 0 Å². The lowest BCUT2D eigenvalue weighted by atomic mass is 10.1. The summed E-state index contributed by atoms with van der Waals surface area (Å²) in [5.41, 5.74) is 4.40. The molecule has 0 unspecified atom stereocenters. The van der Waals surface area contributed by atoms with Crippen LogP contribution in [0.25, 0.3) is 11.3 Å². The van der Waals surface area contributed by atoms with Gasteiger partial charge in [-0.05, 0) is 36.2 Å². The highest BCUT2D eigenvalue weighted by molar-refractivity contribution is 9.10. The Hall–Kier alpha value is -2.51. The van der Waals surface area contributed by atoms with Gasteiger partial charge in [0.05, 0.1) is 5.69 Å². The van der Waals surface area contributed by atoms with E-state index in [1.54, 1.807) is 24.0 Å². The van der Waals surface area contributed by atoms with Gasteiger partial charge in [-0.25, -0.2) is 4.98 Å². The first kappa shape index (κ1) is 17.9. The summed E-state index contributed by atoms with van der Waals surface area (Å²) in [6.07, 6.45) is 0.875. The molecule has 1 aromatic heterocycles. The third-order valence-electron chi connectivity index (χ3n) is 4.47. The van der Waals surface area contributed by atoms with E-state index in [1.165, 1.54) is 16.9 Å². The number of carbonyl (C=O) groups is 2. The van der Waals surface area contributed by atoms with Crippen LogP contribution in [0.1, 0.15) is 22.8 Å². The maximum absolute atomic E-state index is 12.4. The molecule has 0 atom stereocenters. The second-order valence-corrected chi connectivity index (χ2v) is 8.04. The smallest absolute Gasteiger partial charge is 0.257 e. The number of fused-ring (bicyclic) bond motifs is 1. The van der Waals surface area contributed by atoms with E-state index >= 15 is 0 Å². The Morgan fingerprint density at radius 2 is 2.07 bits per heavy atom. The van der Waals surface area contributed by atoms with Crippen molar-refractivity contribution in [2.75, 3.05) is 16.8 Å². The highest BCUT2D eigenvalue weighted by atomic mass is 79.9. The molecule has 1 aliphatic rings. The summed E-state index contributed by atoms with van der Waals surface area (Å²) in [5.74, 6) is -0.153. The predicted molar refractivity (Wildman–Crippen MR) is 111 cm³/mol. The third-order valence-corrected chi connectivity index (χ3v) is 5.72. The first-order valence-electron chi connectivity index (χ1n) is 8.45. The molecule has 5 nitrogen and oxygen atoms in total. The number of anilines is 2. The van der Waals surface area contributed by atoms with Crippen LogP contribution >= 0.6 is 27.3 Å². The van der Waals surface area contributed by atoms with Gasteiger partial charge in [-0.2, -0.15) is 0 Å². The maximum Gasteiger partial charge on any atom is 0.257 e. The Bertz CT molecular complexity index is 1050. The van der Waals surface area contributed by atoms with Crippen molar-refractivity contribution in [3.05, 3.63) is 63.4 Å². The number of carbonyl (C=O) groups excluding carboxylic acids is 2. The molecule has 0 bridgehead atoms. The monoisotopic (exact) mass is 441 g/mol. The molecular formula is C20H16BrN3O2S. The highest BCUT2D eigenvalue weighted by Crippen LogP contribution is 2.34. The number of benzene rings is 2. The summed E-state index contributed by atoms with van der Waals surface area (Å²) in [6, 6.07) is 13.3. The minimum Gasteiger partial charge on any atom is -0.312 e. The second-order valence-electron chi connectivity index (χ2n) is 6.27. The molecule has 1 aliphatic heterocycles. The van der Waals surface area contributed by atoms with Gasteiger partial charge in [-0.3, -0.25) is 14.9 Å². The number of aromatic nitrogens is 1. The van der Waals surface area contributed by atoms with Crippen LogP contribution in [-0.2, 0) is 11.2 Å². The van der Waals surface area contributed by atoms with Crippen LogP contribution in [-0.4, -0.2) is 23.3 Å². The van der Waals surface area contributed by atoms with Crippen molar-refractivity contribution in [1.82, 2.24) is 4.98 Å². The molecule has 0 aliphatic carbocycles. The zero-order valence-corrected chi connectivity index (χ0v) is 16.9. The van der Waals surface area contributed by atoms with Gasteiger partial charge in [0.1, 0.15) is 0 Å². The van der Waals surface area contributed by atoms with Crippen molar-refractivity contribution in [2.24, 2.45) is 0 Å². The Labute approximate surface area is 169 Å². The van der Waals surface area contributed by atoms with Gasteiger partial charge in [0.2, 0.25) is 5.91 Å². The fourth-order valence-corrected chi connectivity index (χ4v) is 4.24. The Morgan fingerprint density at radius 1 is 1.22 bits per heavy atom. The number of nitrogens with zero attached hydrogens (tertiary/aromatic N) is 2. The van der Waals surface area contributed by atoms with Crippen LogP contribution in [0.2, 0.25) is 0 Å². The molecule has 1 N–H and O–H groups in total. The minimum atomic E-state index is -0.200. The molecule has 2 amide bonds. The largest absolute Gasteiger partial charge is 0.312 e. The van der Waals surface area contributed by atoms with Crippen molar-refractivity contribution >= 4 is 49.9 Å². The molecule has 3 aromatic rings. The molecule has 2 aromatic carbocycles. The zero-order valence-electron chi connectivity index (χ0n) is 14.5. The maximum atomic E-state index is 12.4. The van der Waals surface area contributed by atoms with E-state index in [0.29, 0.717) is 10.7 Å². The number of hydrogen-bond acceptors (Lipinski definition) is 4. The molecule has 7 heteroatoms. The normalized spacial score (nSPS) is 12.7. The number of hydrogen-bond donors (Lipinski definition) is 1. The lowest BCUT2D eigenvalue weighted by molar-refractivity contribution is -0.116. The quantitative estimate of drug-likeness (QED) is 0.638. The van der Waals surface area contributed by atoms with E-state index in [9.17, 15) is 9.59 Å². The van der Waals surface area contributed by atoms with Gasteiger partial charge in [-0.15, -0.1) is 11.3 Å². The molecular weight excluding hydrogens is 426 g/mol. The fraction of sp³-hybridized carbons (Fsp3) is 0.150. The molecule has 0 fully saturated rings. The van der Waals surface area contributed by atoms with Crippen molar-refractivity contribution in [3.8, 4) is 11.3 Å². The van der Waals surface area contributed by atoms with Crippen molar-refractivity contribution in [3.63, 3.8) is 0 Å². The molecule has 2 heterocycles. The Balaban J connectivity index is 1.56. The van der Waals surface area contributed by atoms with Crippen molar-refractivity contribution in [1.29, 1.82) is 0 Å². The number of halogens is 1. The van der Waals surface area contributed by atoms with Gasteiger partial charge in [0.25, 0.3) is 5.91 Å². The molecule has 0 spiro atoms. The summed E-state index contributed by atoms with van der Waals surface area (Å²) < 4.78 is 0.850. The van der Waals surface area contributed by atoms with Gasteiger partial charge < -0.3 is 4.90 Å². The summed E-state index contributed by atoms with van der Waals surface area (Å²) in [4.78, 5) is 30.5. The summed E-state index contributed by atoms with van der Waals surface area (Å²) in [6.45, 7) is 2.30. The molecule has 0 saturated carbocycles. The molecule has 0 radical (unpaired) electrons. The number of amides is 2. The lowest BCUT2D eigenvalue weighted by Gasteiger charge is -2.15. The topological polar surface area (TPSA) is 62.3 Å². The Kier molecular flexibility index (Phi) is 4.80. The predicted octanol–water partition coefficient (Wildman–Crippen LogP) is 4.73. The summed E-state index contributed by atoms with van der Waals surface area (Å²) in [7, 11) is 0. The lowest BCUT2D eigenvalue weighted by Crippen LogP contribution is -2.25. The summed E-state index contributed by atoms with van der Waals surface area (Å²) in [5, 5.41) is 5.29. The van der Waals surface area contributed by atoms with Crippen LogP contribution in [0, 0.1) is 0 Å². The van der Waals surface area contributed by atoms with Crippen LogP contribution < -0.4 is 10.2 Å². The Morgan fingerprint density at radius 3 is 2.85 bits per heavy atom. The van der Waals surface area contributed by atoms with Crippen LogP contribution in [0.15, 0.2) is 52.3 Å². The third kappa shape index (κ3) is 3.65. The van der Waals surface area contributed by atoms with Crippen molar-refractivity contribution in [2.45, 2.75) is 13.3 Å². The molecule has 27 heavy (non-hydrogen) atoms. The number of rotatable bonds is 3. The van der Waals surface area contributed by atoms with E-state index in [0.717, 1.165) is 34.4 Å². The SMILES string of the molecule is CC(=O)N1CCc2ccc(-c3csc(NC(=O)c4cccc(Br)c4)n3)cc21. The van der Waals surface area contributed by atoms with Crippen molar-refractivity contribution < 1.29 is 9.59 Å². The van der Waals surface area contributed by atoms with Crippen LogP contribution in [0.5, 0.6) is 0 Å². The van der Waals surface area contributed by atoms with Crippen LogP contribution in [0.4, 0.5) is 10.8 Å². The fourth-order valence-electron chi connectivity index (χ4n) is 3.13. The molecule has 4 rings (SSSR count). The highest BCUT2D eigenvalue weighted by Gasteiger charge is 2.23. The van der Waals surface area contributed by atoms with Gasteiger partial charge in [0, 0.05) is 40.1 Å². The second kappa shape index (κ2) is 7.25. The molecule has 0 saturated heterocycles. The average Bonchev–Trinajstić information content (AvgIpc) is 3.27. The first-order valence-corrected chi connectivity index (χ1v) is 10.1. The minimum absolute atomic E-state index is 0.0474. The first-order chi connectivity index (χ1) is 13.0. The van der Waals surface area contributed by atoms with Crippen LogP contribution in [0.3, 0.4) is 0 Å². The van der Waals surface area contributed by atoms with E-state index < -0.39 is 0 Å².